The van der Waals surface area contributed by atoms with E-state index in [-0.39, 0.29) is 6.54 Å². The van der Waals surface area contributed by atoms with Gasteiger partial charge in [-0.3, -0.25) is 0 Å². The molecule has 0 aliphatic heterocycles. The lowest BCUT2D eigenvalue weighted by molar-refractivity contribution is -0.137. The number of thiazole rings is 1. The van der Waals surface area contributed by atoms with Gasteiger partial charge < -0.3 is 10.2 Å². The van der Waals surface area contributed by atoms with Gasteiger partial charge in [-0.05, 0) is 25.1 Å². The Morgan fingerprint density at radius 1 is 1.17 bits per heavy atom. The van der Waals surface area contributed by atoms with Gasteiger partial charge in [0.25, 0.3) is 0 Å². The van der Waals surface area contributed by atoms with E-state index in [4.69, 9.17) is 10.2 Å². The minimum atomic E-state index is -4.34. The molecule has 0 aliphatic rings. The van der Waals surface area contributed by atoms with Crippen LogP contribution in [0.5, 0.6) is 0 Å². The molecule has 0 unspecified atom stereocenters. The maximum Gasteiger partial charge on any atom is 0.416 e. The van der Waals surface area contributed by atoms with Gasteiger partial charge in [0, 0.05) is 11.1 Å². The normalized spacial score (nSPS) is 11.9. The Hall–Kier alpha value is -2.12. The predicted octanol–water partition coefficient (Wildman–Crippen LogP) is 4.86. The van der Waals surface area contributed by atoms with E-state index < -0.39 is 11.7 Å². The third kappa shape index (κ3) is 3.02. The maximum absolute atomic E-state index is 12.6. The van der Waals surface area contributed by atoms with E-state index in [0.717, 1.165) is 28.3 Å². The molecule has 3 aromatic rings. The number of hydrogen-bond donors (Lipinski definition) is 1. The zero-order chi connectivity index (χ0) is 16.6. The van der Waals surface area contributed by atoms with Crippen LogP contribution in [-0.4, -0.2) is 4.98 Å². The molecule has 0 aliphatic carbocycles. The van der Waals surface area contributed by atoms with Crippen molar-refractivity contribution in [3.05, 3.63) is 53.6 Å². The third-order valence-corrected chi connectivity index (χ3v) is 4.67. The second kappa shape index (κ2) is 5.82. The van der Waals surface area contributed by atoms with E-state index in [2.05, 4.69) is 4.98 Å². The van der Waals surface area contributed by atoms with Crippen LogP contribution in [0.3, 0.4) is 0 Å². The summed E-state index contributed by atoms with van der Waals surface area (Å²) in [5.41, 5.74) is 7.29. The van der Waals surface area contributed by atoms with Crippen LogP contribution in [0.1, 0.15) is 17.0 Å². The minimum Gasteiger partial charge on any atom is -0.467 e. The Kier molecular flexibility index (Phi) is 3.99. The lowest BCUT2D eigenvalue weighted by Crippen LogP contribution is -2.03. The summed E-state index contributed by atoms with van der Waals surface area (Å²) in [4.78, 5) is 5.37. The minimum absolute atomic E-state index is 0.273. The van der Waals surface area contributed by atoms with E-state index in [9.17, 15) is 13.2 Å². The number of furan rings is 1. The van der Waals surface area contributed by atoms with Crippen molar-refractivity contribution in [1.82, 2.24) is 4.98 Å². The molecular weight excluding hydrogens is 325 g/mol. The highest BCUT2D eigenvalue weighted by molar-refractivity contribution is 7.18. The molecule has 120 valence electrons. The molecule has 0 fully saturated rings. The Morgan fingerprint density at radius 3 is 2.48 bits per heavy atom. The van der Waals surface area contributed by atoms with Crippen molar-refractivity contribution in [2.24, 2.45) is 5.73 Å². The molecule has 3 nitrogen and oxygen atoms in total. The van der Waals surface area contributed by atoms with Crippen molar-refractivity contribution in [2.75, 3.05) is 0 Å². The summed E-state index contributed by atoms with van der Waals surface area (Å²) in [7, 11) is 0. The number of hydrogen-bond acceptors (Lipinski definition) is 4. The summed E-state index contributed by atoms with van der Waals surface area (Å²) in [5, 5.41) is 0.662. The molecule has 0 bridgehead atoms. The van der Waals surface area contributed by atoms with Crippen molar-refractivity contribution < 1.29 is 17.6 Å². The first-order chi connectivity index (χ1) is 10.9. The number of aryl methyl sites for hydroxylation is 1. The van der Waals surface area contributed by atoms with Gasteiger partial charge in [-0.1, -0.05) is 12.1 Å². The van der Waals surface area contributed by atoms with Crippen LogP contribution in [0, 0.1) is 6.92 Å². The topological polar surface area (TPSA) is 52.0 Å². The molecule has 7 heteroatoms. The van der Waals surface area contributed by atoms with Gasteiger partial charge >= 0.3 is 6.18 Å². The van der Waals surface area contributed by atoms with Crippen LogP contribution < -0.4 is 5.73 Å². The number of rotatable bonds is 3. The Morgan fingerprint density at radius 2 is 1.87 bits per heavy atom. The van der Waals surface area contributed by atoms with Crippen LogP contribution in [0.25, 0.3) is 21.0 Å². The summed E-state index contributed by atoms with van der Waals surface area (Å²) >= 11 is 1.41. The molecule has 0 spiro atoms. The highest BCUT2D eigenvalue weighted by Gasteiger charge is 2.30. The molecule has 1 aromatic carbocycles. The van der Waals surface area contributed by atoms with Crippen molar-refractivity contribution in [1.29, 1.82) is 0 Å². The van der Waals surface area contributed by atoms with E-state index in [1.807, 2.05) is 13.0 Å². The molecular formula is C16H13F3N2OS. The van der Waals surface area contributed by atoms with Gasteiger partial charge in [-0.2, -0.15) is 13.2 Å². The SMILES string of the molecule is Cc1nc(-c2ccc(C(F)(F)F)cc2)sc1-c1ccoc1CN. The van der Waals surface area contributed by atoms with Gasteiger partial charge in [0.15, 0.2) is 0 Å². The first-order valence-electron chi connectivity index (χ1n) is 6.82. The monoisotopic (exact) mass is 338 g/mol. The average Bonchev–Trinajstić information content (AvgIpc) is 3.12. The maximum atomic E-state index is 12.6. The van der Waals surface area contributed by atoms with Crippen LogP contribution >= 0.6 is 11.3 Å². The summed E-state index contributed by atoms with van der Waals surface area (Å²) in [5.74, 6) is 0.663. The molecule has 0 radical (unpaired) electrons. The number of nitrogens with two attached hydrogens (primary N) is 1. The summed E-state index contributed by atoms with van der Waals surface area (Å²) < 4.78 is 43.2. The van der Waals surface area contributed by atoms with E-state index in [1.165, 1.54) is 23.5 Å². The number of aromatic nitrogens is 1. The smallest absolute Gasteiger partial charge is 0.416 e. The predicted molar refractivity (Wildman–Crippen MR) is 82.9 cm³/mol. The van der Waals surface area contributed by atoms with E-state index in [0.29, 0.717) is 16.3 Å². The van der Waals surface area contributed by atoms with Crippen molar-refractivity contribution >= 4 is 11.3 Å². The Balaban J connectivity index is 1.98. The van der Waals surface area contributed by atoms with Crippen LogP contribution in [-0.2, 0) is 12.7 Å². The van der Waals surface area contributed by atoms with Crippen LogP contribution in [0.4, 0.5) is 13.2 Å². The van der Waals surface area contributed by atoms with Crippen molar-refractivity contribution in [3.8, 4) is 21.0 Å². The van der Waals surface area contributed by atoms with Gasteiger partial charge in [-0.25, -0.2) is 4.98 Å². The molecule has 0 saturated heterocycles. The molecule has 3 rings (SSSR count). The van der Waals surface area contributed by atoms with Crippen LogP contribution in [0.15, 0.2) is 41.0 Å². The number of nitrogens with zero attached hydrogens (tertiary/aromatic N) is 1. The summed E-state index contributed by atoms with van der Waals surface area (Å²) in [6, 6.07) is 6.82. The quantitative estimate of drug-likeness (QED) is 0.742. The molecule has 0 atom stereocenters. The average molecular weight is 338 g/mol. The fourth-order valence-electron chi connectivity index (χ4n) is 2.27. The lowest BCUT2D eigenvalue weighted by Gasteiger charge is -2.06. The molecule has 0 amide bonds. The van der Waals surface area contributed by atoms with Crippen molar-refractivity contribution in [2.45, 2.75) is 19.6 Å². The van der Waals surface area contributed by atoms with Gasteiger partial charge in [-0.15, -0.1) is 11.3 Å². The largest absolute Gasteiger partial charge is 0.467 e. The fraction of sp³-hybridized carbons (Fsp3) is 0.188. The second-order valence-electron chi connectivity index (χ2n) is 4.97. The van der Waals surface area contributed by atoms with Crippen molar-refractivity contribution in [3.63, 3.8) is 0 Å². The van der Waals surface area contributed by atoms with Gasteiger partial charge in [0.2, 0.25) is 0 Å². The fourth-order valence-corrected chi connectivity index (χ4v) is 3.39. The molecule has 2 aromatic heterocycles. The second-order valence-corrected chi connectivity index (χ2v) is 5.97. The Labute approximate surface area is 134 Å². The Bertz CT molecular complexity index is 819. The number of alkyl halides is 3. The van der Waals surface area contributed by atoms with E-state index >= 15 is 0 Å². The number of benzene rings is 1. The third-order valence-electron chi connectivity index (χ3n) is 3.43. The zero-order valence-electron chi connectivity index (χ0n) is 12.1. The molecule has 2 N–H and O–H groups in total. The summed E-state index contributed by atoms with van der Waals surface area (Å²) in [6.07, 6.45) is -2.77. The summed E-state index contributed by atoms with van der Waals surface area (Å²) in [6.45, 7) is 2.13. The number of halogens is 3. The lowest BCUT2D eigenvalue weighted by atomic mass is 10.1. The standard InChI is InChI=1S/C16H13F3N2OS/c1-9-14(12-6-7-22-13(12)8-20)23-15(21-9)10-2-4-11(5-3-10)16(17,18)19/h2-7H,8,20H2,1H3. The van der Waals surface area contributed by atoms with Gasteiger partial charge in [0.1, 0.15) is 10.8 Å². The zero-order valence-corrected chi connectivity index (χ0v) is 13.0. The molecule has 2 heterocycles. The highest BCUT2D eigenvalue weighted by Crippen LogP contribution is 2.38. The first kappa shape index (κ1) is 15.8. The van der Waals surface area contributed by atoms with Gasteiger partial charge in [0.05, 0.1) is 28.9 Å². The highest BCUT2D eigenvalue weighted by atomic mass is 32.1. The first-order valence-corrected chi connectivity index (χ1v) is 7.63. The molecule has 0 saturated carbocycles. The van der Waals surface area contributed by atoms with Crippen LogP contribution in [0.2, 0.25) is 0 Å². The molecule has 23 heavy (non-hydrogen) atoms. The van der Waals surface area contributed by atoms with E-state index in [1.54, 1.807) is 6.26 Å².